The number of aromatic nitrogens is 3. The fraction of sp³-hybridized carbons (Fsp3) is 0.438. The van der Waals surface area contributed by atoms with Crippen LogP contribution < -0.4 is 11.0 Å². The van der Waals surface area contributed by atoms with Crippen LogP contribution in [0.4, 0.5) is 0 Å². The van der Waals surface area contributed by atoms with Gasteiger partial charge in [0.15, 0.2) is 0 Å². The van der Waals surface area contributed by atoms with Gasteiger partial charge in [0, 0.05) is 6.04 Å². The number of rotatable bonds is 5. The molecule has 0 aliphatic rings. The maximum absolute atomic E-state index is 12.2. The van der Waals surface area contributed by atoms with Crippen molar-refractivity contribution in [3.63, 3.8) is 0 Å². The maximum Gasteiger partial charge on any atom is 0.343 e. The molecule has 0 saturated carbocycles. The van der Waals surface area contributed by atoms with Gasteiger partial charge in [-0.2, -0.15) is 5.10 Å². The van der Waals surface area contributed by atoms with Gasteiger partial charge in [-0.1, -0.05) is 51.1 Å². The average molecular weight is 302 g/mol. The van der Waals surface area contributed by atoms with Crippen molar-refractivity contribution in [1.82, 2.24) is 20.1 Å². The van der Waals surface area contributed by atoms with E-state index in [4.69, 9.17) is 0 Å². The van der Waals surface area contributed by atoms with E-state index in [1.807, 2.05) is 30.3 Å². The molecule has 0 bridgehead atoms. The third-order valence-electron chi connectivity index (χ3n) is 3.60. The first-order chi connectivity index (χ1) is 10.4. The van der Waals surface area contributed by atoms with Gasteiger partial charge in [0.05, 0.1) is 0 Å². The summed E-state index contributed by atoms with van der Waals surface area (Å²) in [6.07, 6.45) is 2.07. The Hall–Kier alpha value is -2.37. The Kier molecular flexibility index (Phi) is 4.80. The van der Waals surface area contributed by atoms with E-state index in [9.17, 15) is 9.59 Å². The highest BCUT2D eigenvalue weighted by atomic mass is 16.2. The molecule has 22 heavy (non-hydrogen) atoms. The van der Waals surface area contributed by atoms with E-state index in [1.165, 1.54) is 16.5 Å². The molecule has 0 aliphatic carbocycles. The lowest BCUT2D eigenvalue weighted by Crippen LogP contribution is -2.46. The number of H-pyrrole nitrogens is 1. The zero-order valence-electron chi connectivity index (χ0n) is 13.2. The molecule has 0 fully saturated rings. The summed E-state index contributed by atoms with van der Waals surface area (Å²) in [5.41, 5.74) is 0.695. The molecule has 6 heteroatoms. The fourth-order valence-corrected chi connectivity index (χ4v) is 2.20. The minimum absolute atomic E-state index is 0.0231. The number of hydrogen-bond acceptors (Lipinski definition) is 3. The lowest BCUT2D eigenvalue weighted by Gasteiger charge is -2.31. The molecule has 118 valence electrons. The van der Waals surface area contributed by atoms with Crippen LogP contribution in [-0.2, 0) is 17.8 Å². The third kappa shape index (κ3) is 4.31. The second-order valence-electron chi connectivity index (χ2n) is 6.47. The van der Waals surface area contributed by atoms with E-state index in [0.29, 0.717) is 0 Å². The second kappa shape index (κ2) is 6.60. The summed E-state index contributed by atoms with van der Waals surface area (Å²) in [7, 11) is 0. The first-order valence-electron chi connectivity index (χ1n) is 7.29. The highest BCUT2D eigenvalue weighted by Gasteiger charge is 2.26. The van der Waals surface area contributed by atoms with Gasteiger partial charge in [0.1, 0.15) is 12.9 Å². The molecule has 1 atom stereocenters. The standard InChI is InChI=1S/C16H22N4O2/c1-16(2,3)13(9-12-7-5-4-6-8-12)18-14(21)10-20-11-17-19-15(20)22/h4-8,11,13H,9-10H2,1-3H3,(H,18,21)(H,19,22)/t13-/m0/s1. The molecule has 2 N–H and O–H groups in total. The zero-order valence-corrected chi connectivity index (χ0v) is 13.2. The van der Waals surface area contributed by atoms with Gasteiger partial charge in [-0.15, -0.1) is 0 Å². The van der Waals surface area contributed by atoms with Crippen LogP contribution in [-0.4, -0.2) is 26.7 Å². The Balaban J connectivity index is 2.05. The van der Waals surface area contributed by atoms with Crippen LogP contribution >= 0.6 is 0 Å². The van der Waals surface area contributed by atoms with E-state index >= 15 is 0 Å². The Labute approximate surface area is 129 Å². The molecule has 1 amide bonds. The minimum atomic E-state index is -0.384. The normalized spacial score (nSPS) is 12.9. The smallest absolute Gasteiger partial charge is 0.343 e. The quantitative estimate of drug-likeness (QED) is 0.875. The van der Waals surface area contributed by atoms with E-state index in [-0.39, 0.29) is 29.6 Å². The number of nitrogens with zero attached hydrogens (tertiary/aromatic N) is 2. The molecule has 0 aliphatic heterocycles. The first kappa shape index (κ1) is 16.0. The summed E-state index contributed by atoms with van der Waals surface area (Å²) in [5.74, 6) is -0.195. The molecule has 0 spiro atoms. The molecule has 2 rings (SSSR count). The summed E-state index contributed by atoms with van der Waals surface area (Å²) < 4.78 is 1.25. The van der Waals surface area contributed by atoms with Crippen molar-refractivity contribution in [2.45, 2.75) is 39.8 Å². The Morgan fingerprint density at radius 3 is 2.55 bits per heavy atom. The summed E-state index contributed by atoms with van der Waals surface area (Å²) >= 11 is 0. The monoisotopic (exact) mass is 302 g/mol. The van der Waals surface area contributed by atoms with Crippen LogP contribution in [0.15, 0.2) is 41.5 Å². The van der Waals surface area contributed by atoms with E-state index in [0.717, 1.165) is 6.42 Å². The summed E-state index contributed by atoms with van der Waals surface area (Å²) in [5, 5.41) is 8.92. The fourth-order valence-electron chi connectivity index (χ4n) is 2.20. The summed E-state index contributed by atoms with van der Waals surface area (Å²) in [6, 6.07) is 10.0. The molecule has 2 aromatic rings. The van der Waals surface area contributed by atoms with Crippen LogP contribution in [0.5, 0.6) is 0 Å². The van der Waals surface area contributed by atoms with Gasteiger partial charge in [0.2, 0.25) is 5.91 Å². The summed E-state index contributed by atoms with van der Waals surface area (Å²) in [6.45, 7) is 6.23. The maximum atomic E-state index is 12.2. The van der Waals surface area contributed by atoms with Crippen molar-refractivity contribution >= 4 is 5.91 Å². The molecule has 1 aromatic carbocycles. The number of carbonyl (C=O) groups excluding carboxylic acids is 1. The number of nitrogens with one attached hydrogen (secondary N) is 2. The molecule has 1 heterocycles. The van der Waals surface area contributed by atoms with Gasteiger partial charge in [0.25, 0.3) is 0 Å². The van der Waals surface area contributed by atoms with Gasteiger partial charge in [-0.25, -0.2) is 9.89 Å². The van der Waals surface area contributed by atoms with Crippen LogP contribution in [0, 0.1) is 5.41 Å². The Morgan fingerprint density at radius 2 is 2.00 bits per heavy atom. The Bertz CT molecular complexity index is 667. The Morgan fingerprint density at radius 1 is 1.32 bits per heavy atom. The molecule has 0 saturated heterocycles. The molecule has 1 aromatic heterocycles. The molecule has 6 nitrogen and oxygen atoms in total. The van der Waals surface area contributed by atoms with Crippen LogP contribution in [0.1, 0.15) is 26.3 Å². The average Bonchev–Trinajstić information content (AvgIpc) is 2.83. The first-order valence-corrected chi connectivity index (χ1v) is 7.29. The molecular weight excluding hydrogens is 280 g/mol. The number of aromatic amines is 1. The van der Waals surface area contributed by atoms with E-state index in [2.05, 4.69) is 36.3 Å². The van der Waals surface area contributed by atoms with Crippen LogP contribution in [0.3, 0.4) is 0 Å². The molecule has 0 radical (unpaired) electrons. The third-order valence-corrected chi connectivity index (χ3v) is 3.60. The molecular formula is C16H22N4O2. The molecule has 0 unspecified atom stereocenters. The second-order valence-corrected chi connectivity index (χ2v) is 6.47. The zero-order chi connectivity index (χ0) is 16.2. The van der Waals surface area contributed by atoms with Gasteiger partial charge >= 0.3 is 5.69 Å². The number of benzene rings is 1. The van der Waals surface area contributed by atoms with Crippen molar-refractivity contribution in [2.75, 3.05) is 0 Å². The van der Waals surface area contributed by atoms with E-state index in [1.54, 1.807) is 0 Å². The van der Waals surface area contributed by atoms with Gasteiger partial charge < -0.3 is 5.32 Å². The highest BCUT2D eigenvalue weighted by molar-refractivity contribution is 5.76. The largest absolute Gasteiger partial charge is 0.351 e. The van der Waals surface area contributed by atoms with Crippen molar-refractivity contribution in [1.29, 1.82) is 0 Å². The van der Waals surface area contributed by atoms with Crippen molar-refractivity contribution in [3.05, 3.63) is 52.7 Å². The van der Waals surface area contributed by atoms with Crippen LogP contribution in [0.2, 0.25) is 0 Å². The van der Waals surface area contributed by atoms with Crippen molar-refractivity contribution < 1.29 is 4.79 Å². The SMILES string of the molecule is CC(C)(C)[C@H](Cc1ccccc1)NC(=O)Cn1cn[nH]c1=O. The topological polar surface area (TPSA) is 79.8 Å². The summed E-state index contributed by atoms with van der Waals surface area (Å²) in [4.78, 5) is 23.6. The number of hydrogen-bond donors (Lipinski definition) is 2. The predicted molar refractivity (Wildman–Crippen MR) is 84.4 cm³/mol. The highest BCUT2D eigenvalue weighted by Crippen LogP contribution is 2.22. The lowest BCUT2D eigenvalue weighted by molar-refractivity contribution is -0.123. The van der Waals surface area contributed by atoms with E-state index < -0.39 is 0 Å². The van der Waals surface area contributed by atoms with Crippen LogP contribution in [0.25, 0.3) is 0 Å². The van der Waals surface area contributed by atoms with Gasteiger partial charge in [-0.3, -0.25) is 9.36 Å². The van der Waals surface area contributed by atoms with Crippen molar-refractivity contribution in [2.24, 2.45) is 5.41 Å². The number of carbonyl (C=O) groups is 1. The minimum Gasteiger partial charge on any atom is -0.351 e. The number of amides is 1. The predicted octanol–water partition coefficient (Wildman–Crippen LogP) is 1.34. The van der Waals surface area contributed by atoms with Gasteiger partial charge in [-0.05, 0) is 17.4 Å². The lowest BCUT2D eigenvalue weighted by atomic mass is 9.83. The van der Waals surface area contributed by atoms with Crippen molar-refractivity contribution in [3.8, 4) is 0 Å².